The van der Waals surface area contributed by atoms with Crippen molar-refractivity contribution in [3.63, 3.8) is 0 Å². The molecule has 0 N–H and O–H groups in total. The molecule has 0 bridgehead atoms. The Kier molecular flexibility index (Phi) is 3.77. The van der Waals surface area contributed by atoms with Gasteiger partial charge in [-0.25, -0.2) is 8.77 Å². The number of aromatic nitrogens is 4. The summed E-state index contributed by atoms with van der Waals surface area (Å²) in [6.45, 7) is 3.60. The summed E-state index contributed by atoms with van der Waals surface area (Å²) in [6, 6.07) is 3.29. The van der Waals surface area contributed by atoms with Gasteiger partial charge < -0.3 is 4.55 Å². The lowest BCUT2D eigenvalue weighted by molar-refractivity contribution is 0.527. The topological polar surface area (TPSA) is 92.8 Å². The number of allylic oxidation sites excluding steroid dienone is 4. The zero-order valence-corrected chi connectivity index (χ0v) is 13.3. The number of benzene rings is 1. The van der Waals surface area contributed by atoms with E-state index in [9.17, 15) is 13.6 Å². The molecule has 0 radical (unpaired) electrons. The number of rotatable bonds is 3. The first-order valence-corrected chi connectivity index (χ1v) is 8.17. The van der Waals surface area contributed by atoms with E-state index in [1.165, 1.54) is 4.57 Å². The van der Waals surface area contributed by atoms with E-state index >= 15 is 0 Å². The fourth-order valence-corrected chi connectivity index (χ4v) is 3.40. The van der Waals surface area contributed by atoms with E-state index < -0.39 is 17.0 Å². The Bertz CT molecular complexity index is 1010. The fraction of sp³-hybridized carbons (Fsp3) is 0.154. The molecule has 0 aliphatic rings. The van der Waals surface area contributed by atoms with Gasteiger partial charge in [-0.05, 0) is 43.6 Å². The van der Waals surface area contributed by atoms with Crippen molar-refractivity contribution in [1.82, 2.24) is 18.1 Å². The number of fused-ring (bicyclic) bond motifs is 2. The Labute approximate surface area is 131 Å². The molecule has 0 saturated heterocycles. The summed E-state index contributed by atoms with van der Waals surface area (Å²) < 4.78 is 29.6. The first kappa shape index (κ1) is 14.8. The second-order valence-corrected chi connectivity index (χ2v) is 6.01. The van der Waals surface area contributed by atoms with E-state index in [-0.39, 0.29) is 0 Å². The predicted molar refractivity (Wildman–Crippen MR) is 86.2 cm³/mol. The van der Waals surface area contributed by atoms with Crippen LogP contribution in [-0.2, 0) is 11.3 Å². The third-order valence-corrected chi connectivity index (χ3v) is 4.55. The van der Waals surface area contributed by atoms with Crippen molar-refractivity contribution < 1.29 is 8.76 Å². The molecule has 0 aliphatic heterocycles. The monoisotopic (exact) mass is 335 g/mol. The first-order valence-electron chi connectivity index (χ1n) is 6.37. The molecule has 1 atom stereocenters. The summed E-state index contributed by atoms with van der Waals surface area (Å²) >= 11 is -1.55. The third kappa shape index (κ3) is 2.14. The van der Waals surface area contributed by atoms with E-state index in [0.717, 1.165) is 20.2 Å². The van der Waals surface area contributed by atoms with Crippen LogP contribution in [0.4, 0.5) is 0 Å². The summed E-state index contributed by atoms with van der Waals surface area (Å²) in [6.07, 6.45) is 5.26. The van der Waals surface area contributed by atoms with Crippen molar-refractivity contribution in [2.24, 2.45) is 0 Å². The summed E-state index contributed by atoms with van der Waals surface area (Å²) in [7, 11) is 0. The van der Waals surface area contributed by atoms with E-state index in [1.807, 2.05) is 6.92 Å². The zero-order valence-electron chi connectivity index (χ0n) is 11.7. The molecule has 0 aliphatic carbocycles. The summed E-state index contributed by atoms with van der Waals surface area (Å²) in [4.78, 5) is 12.5. The lowest BCUT2D eigenvalue weighted by Gasteiger charge is -2.04. The van der Waals surface area contributed by atoms with Crippen LogP contribution in [0.3, 0.4) is 0 Å². The molecule has 114 valence electrons. The van der Waals surface area contributed by atoms with Crippen LogP contribution in [0.25, 0.3) is 26.9 Å². The molecular weight excluding hydrogens is 324 g/mol. The minimum absolute atomic E-state index is 0.306. The molecule has 0 saturated carbocycles. The average molecular weight is 335 g/mol. The molecule has 1 aromatic carbocycles. The van der Waals surface area contributed by atoms with Gasteiger partial charge in [0.2, 0.25) is 0 Å². The Morgan fingerprint density at radius 1 is 1.36 bits per heavy atom. The Morgan fingerprint density at radius 2 is 2.14 bits per heavy atom. The van der Waals surface area contributed by atoms with Gasteiger partial charge in [-0.2, -0.15) is 0 Å². The molecule has 0 fully saturated rings. The Hall–Kier alpha value is -2.10. The molecule has 7 nitrogen and oxygen atoms in total. The smallest absolute Gasteiger partial charge is 0.345 e. The third-order valence-electron chi connectivity index (χ3n) is 3.21. The average Bonchev–Trinajstić information content (AvgIpc) is 3.03. The lowest BCUT2D eigenvalue weighted by atomic mass is 10.2. The summed E-state index contributed by atoms with van der Waals surface area (Å²) in [5.74, 6) is 0. The second-order valence-electron chi connectivity index (χ2n) is 4.42. The van der Waals surface area contributed by atoms with Gasteiger partial charge in [0.1, 0.15) is 5.52 Å². The van der Waals surface area contributed by atoms with Crippen molar-refractivity contribution >= 4 is 49.7 Å². The first-order chi connectivity index (χ1) is 10.6. The van der Waals surface area contributed by atoms with Gasteiger partial charge in [-0.15, -0.1) is 5.10 Å². The summed E-state index contributed by atoms with van der Waals surface area (Å²) in [5, 5.41) is 3.98. The van der Waals surface area contributed by atoms with Crippen molar-refractivity contribution in [2.75, 3.05) is 0 Å². The zero-order chi connectivity index (χ0) is 15.9. The van der Waals surface area contributed by atoms with Gasteiger partial charge in [0.05, 0.1) is 27.0 Å². The standard InChI is InChI=1S/C13H12N4O3S2/c1-3-5-8(4-2)16-10-6-9-12(21-15-14-9)7-11(10)17(13(16)18)22(19)20/h3-7H,1-2H3,(H,19,20)/p-1/b5-3-,8-4+. The highest BCUT2D eigenvalue weighted by molar-refractivity contribution is 7.77. The van der Waals surface area contributed by atoms with Crippen LogP contribution in [0.5, 0.6) is 0 Å². The highest BCUT2D eigenvalue weighted by atomic mass is 32.2. The summed E-state index contributed by atoms with van der Waals surface area (Å²) in [5.41, 5.74) is 1.35. The van der Waals surface area contributed by atoms with Crippen LogP contribution in [0.2, 0.25) is 0 Å². The molecule has 2 aromatic heterocycles. The molecule has 22 heavy (non-hydrogen) atoms. The second kappa shape index (κ2) is 5.59. The lowest BCUT2D eigenvalue weighted by Crippen LogP contribution is -2.25. The van der Waals surface area contributed by atoms with Crippen molar-refractivity contribution in [3.05, 3.63) is 40.8 Å². The maximum atomic E-state index is 12.5. The van der Waals surface area contributed by atoms with Gasteiger partial charge in [-0.3, -0.25) is 8.78 Å². The molecular formula is C13H11N4O3S2-. The quantitative estimate of drug-likeness (QED) is 0.538. The van der Waals surface area contributed by atoms with Gasteiger partial charge in [0, 0.05) is 5.70 Å². The van der Waals surface area contributed by atoms with E-state index in [0.29, 0.717) is 22.2 Å². The van der Waals surface area contributed by atoms with Gasteiger partial charge in [0.25, 0.3) is 0 Å². The van der Waals surface area contributed by atoms with Gasteiger partial charge in [0.15, 0.2) is 0 Å². The van der Waals surface area contributed by atoms with Crippen LogP contribution < -0.4 is 5.69 Å². The van der Waals surface area contributed by atoms with Crippen LogP contribution in [0, 0.1) is 0 Å². The number of hydrogen-bond acceptors (Lipinski definition) is 6. The number of imidazole rings is 1. The SMILES string of the molecule is C/C=C\C(=C/C)n1c(=O)n(S(=O)[O-])c2cc3snnc3cc21. The Balaban J connectivity index is 2.52. The van der Waals surface area contributed by atoms with Crippen LogP contribution >= 0.6 is 11.5 Å². The number of nitrogens with zero attached hydrogens (tertiary/aromatic N) is 4. The van der Waals surface area contributed by atoms with E-state index in [1.54, 1.807) is 37.3 Å². The largest absolute Gasteiger partial charge is 0.755 e. The van der Waals surface area contributed by atoms with Crippen molar-refractivity contribution in [2.45, 2.75) is 13.8 Å². The normalized spacial score (nSPS) is 14.4. The highest BCUT2D eigenvalue weighted by Crippen LogP contribution is 2.25. The van der Waals surface area contributed by atoms with E-state index in [4.69, 9.17) is 0 Å². The number of hydrogen-bond donors (Lipinski definition) is 0. The molecule has 0 spiro atoms. The minimum atomic E-state index is -2.70. The minimum Gasteiger partial charge on any atom is -0.755 e. The fourth-order valence-electron chi connectivity index (χ4n) is 2.31. The van der Waals surface area contributed by atoms with Crippen molar-refractivity contribution in [1.29, 1.82) is 0 Å². The maximum absolute atomic E-state index is 12.5. The predicted octanol–water partition coefficient (Wildman–Crippen LogP) is 1.89. The molecule has 1 unspecified atom stereocenters. The van der Waals surface area contributed by atoms with Crippen LogP contribution in [0.1, 0.15) is 13.8 Å². The van der Waals surface area contributed by atoms with Gasteiger partial charge in [-0.1, -0.05) is 16.6 Å². The molecule has 2 heterocycles. The molecule has 0 amide bonds. The van der Waals surface area contributed by atoms with Crippen molar-refractivity contribution in [3.8, 4) is 0 Å². The van der Waals surface area contributed by atoms with E-state index in [2.05, 4.69) is 9.59 Å². The Morgan fingerprint density at radius 3 is 2.77 bits per heavy atom. The molecule has 3 rings (SSSR count). The highest BCUT2D eigenvalue weighted by Gasteiger charge is 2.17. The molecule has 3 aromatic rings. The van der Waals surface area contributed by atoms with Crippen LogP contribution in [-0.4, -0.2) is 26.9 Å². The molecule has 9 heteroatoms. The maximum Gasteiger partial charge on any atom is 0.345 e. The van der Waals surface area contributed by atoms with Gasteiger partial charge >= 0.3 is 5.69 Å². The van der Waals surface area contributed by atoms with Crippen LogP contribution in [0.15, 0.2) is 35.2 Å².